The Labute approximate surface area is 89.4 Å². The third-order valence-electron chi connectivity index (χ3n) is 1.71. The van der Waals surface area contributed by atoms with Gasteiger partial charge in [0.05, 0.1) is 6.61 Å². The van der Waals surface area contributed by atoms with Crippen LogP contribution in [0, 0.1) is 0 Å². The minimum absolute atomic E-state index is 0.325. The first-order valence-electron chi connectivity index (χ1n) is 5.04. The second-order valence-corrected chi connectivity index (χ2v) is 3.28. The number of hydrogen-bond donors (Lipinski definition) is 1. The van der Waals surface area contributed by atoms with Gasteiger partial charge in [0.2, 0.25) is 0 Å². The summed E-state index contributed by atoms with van der Waals surface area (Å²) in [6.45, 7) is 4.99. The summed E-state index contributed by atoms with van der Waals surface area (Å²) in [5.74, 6) is -1.41. The van der Waals surface area contributed by atoms with Crippen LogP contribution in [0.3, 0.4) is 0 Å². The first-order valence-corrected chi connectivity index (χ1v) is 5.04. The lowest BCUT2D eigenvalue weighted by atomic mass is 10.3. The highest BCUT2D eigenvalue weighted by molar-refractivity contribution is 5.80. The zero-order valence-electron chi connectivity index (χ0n) is 9.36. The minimum Gasteiger partial charge on any atom is -0.463 e. The standard InChI is InChI=1S/C10H18O5/c1-4-5-6-14-10(13)8(3)15-9(12)7(2)11/h7-8,11H,4-6H2,1-3H3/t7-,8-/m1/s1. The van der Waals surface area contributed by atoms with Crippen molar-refractivity contribution in [3.63, 3.8) is 0 Å². The molecule has 0 bridgehead atoms. The van der Waals surface area contributed by atoms with Crippen molar-refractivity contribution >= 4 is 11.9 Å². The molecule has 15 heavy (non-hydrogen) atoms. The molecule has 5 heteroatoms. The highest BCUT2D eigenvalue weighted by Gasteiger charge is 2.21. The van der Waals surface area contributed by atoms with Crippen LogP contribution in [0.5, 0.6) is 0 Å². The zero-order chi connectivity index (χ0) is 11.8. The summed E-state index contributed by atoms with van der Waals surface area (Å²) in [7, 11) is 0. The van der Waals surface area contributed by atoms with E-state index in [1.807, 2.05) is 6.92 Å². The molecule has 0 saturated heterocycles. The van der Waals surface area contributed by atoms with Gasteiger partial charge in [-0.25, -0.2) is 9.59 Å². The number of esters is 2. The van der Waals surface area contributed by atoms with Gasteiger partial charge in [0.1, 0.15) is 6.10 Å². The molecule has 0 amide bonds. The molecule has 0 aromatic heterocycles. The Morgan fingerprint density at radius 2 is 1.87 bits per heavy atom. The lowest BCUT2D eigenvalue weighted by Crippen LogP contribution is -2.30. The van der Waals surface area contributed by atoms with Crippen LogP contribution in [-0.4, -0.2) is 35.9 Å². The van der Waals surface area contributed by atoms with Crippen molar-refractivity contribution in [2.24, 2.45) is 0 Å². The maximum atomic E-state index is 11.2. The minimum atomic E-state index is -1.23. The Morgan fingerprint density at radius 3 is 2.33 bits per heavy atom. The summed E-state index contributed by atoms with van der Waals surface area (Å²) in [6.07, 6.45) is -0.488. The molecule has 0 aliphatic carbocycles. The highest BCUT2D eigenvalue weighted by atomic mass is 16.6. The number of rotatable bonds is 6. The Hall–Kier alpha value is -1.10. The van der Waals surface area contributed by atoms with Gasteiger partial charge in [0, 0.05) is 0 Å². The van der Waals surface area contributed by atoms with Crippen molar-refractivity contribution in [3.8, 4) is 0 Å². The predicted molar refractivity (Wildman–Crippen MR) is 53.1 cm³/mol. The van der Waals surface area contributed by atoms with Crippen molar-refractivity contribution in [3.05, 3.63) is 0 Å². The van der Waals surface area contributed by atoms with E-state index in [1.54, 1.807) is 0 Å². The van der Waals surface area contributed by atoms with E-state index in [9.17, 15) is 9.59 Å². The molecule has 0 aliphatic rings. The fourth-order valence-electron chi connectivity index (χ4n) is 0.755. The van der Waals surface area contributed by atoms with Crippen molar-refractivity contribution in [2.75, 3.05) is 6.61 Å². The summed E-state index contributed by atoms with van der Waals surface area (Å²) in [5.41, 5.74) is 0. The molecule has 0 heterocycles. The van der Waals surface area contributed by atoms with Crippen molar-refractivity contribution in [1.29, 1.82) is 0 Å². The summed E-state index contributed by atoms with van der Waals surface area (Å²) in [6, 6.07) is 0. The third-order valence-corrected chi connectivity index (χ3v) is 1.71. The van der Waals surface area contributed by atoms with Crippen molar-refractivity contribution < 1.29 is 24.2 Å². The van der Waals surface area contributed by atoms with Gasteiger partial charge in [-0.05, 0) is 20.3 Å². The number of unbranched alkanes of at least 4 members (excludes halogenated alkanes) is 1. The van der Waals surface area contributed by atoms with Gasteiger partial charge >= 0.3 is 11.9 Å². The predicted octanol–water partition coefficient (Wildman–Crippen LogP) is 0.642. The Morgan fingerprint density at radius 1 is 1.27 bits per heavy atom. The smallest absolute Gasteiger partial charge is 0.347 e. The van der Waals surface area contributed by atoms with E-state index < -0.39 is 24.1 Å². The van der Waals surface area contributed by atoms with Gasteiger partial charge in [-0.3, -0.25) is 0 Å². The molecule has 0 unspecified atom stereocenters. The van der Waals surface area contributed by atoms with E-state index in [0.717, 1.165) is 12.8 Å². The monoisotopic (exact) mass is 218 g/mol. The summed E-state index contributed by atoms with van der Waals surface area (Å²) >= 11 is 0. The van der Waals surface area contributed by atoms with Gasteiger partial charge in [-0.15, -0.1) is 0 Å². The lowest BCUT2D eigenvalue weighted by molar-refractivity contribution is -0.171. The Balaban J connectivity index is 3.83. The molecular formula is C10H18O5. The molecule has 0 rings (SSSR count). The van der Waals surface area contributed by atoms with Crippen molar-refractivity contribution in [1.82, 2.24) is 0 Å². The van der Waals surface area contributed by atoms with E-state index in [1.165, 1.54) is 13.8 Å². The second kappa shape index (κ2) is 7.23. The van der Waals surface area contributed by atoms with E-state index >= 15 is 0 Å². The first-order chi connectivity index (χ1) is 6.99. The van der Waals surface area contributed by atoms with Crippen LogP contribution in [0.2, 0.25) is 0 Å². The van der Waals surface area contributed by atoms with E-state index in [-0.39, 0.29) is 0 Å². The van der Waals surface area contributed by atoms with Crippen LogP contribution >= 0.6 is 0 Å². The van der Waals surface area contributed by atoms with Gasteiger partial charge in [-0.2, -0.15) is 0 Å². The Kier molecular flexibility index (Phi) is 6.70. The first kappa shape index (κ1) is 13.9. The number of aliphatic hydroxyl groups excluding tert-OH is 1. The molecule has 1 N–H and O–H groups in total. The van der Waals surface area contributed by atoms with Gasteiger partial charge < -0.3 is 14.6 Å². The van der Waals surface area contributed by atoms with Crippen LogP contribution in [0.1, 0.15) is 33.6 Å². The van der Waals surface area contributed by atoms with E-state index in [4.69, 9.17) is 9.84 Å². The van der Waals surface area contributed by atoms with Crippen molar-refractivity contribution in [2.45, 2.75) is 45.8 Å². The topological polar surface area (TPSA) is 72.8 Å². The lowest BCUT2D eigenvalue weighted by Gasteiger charge is -2.13. The van der Waals surface area contributed by atoms with Gasteiger partial charge in [0.25, 0.3) is 0 Å². The van der Waals surface area contributed by atoms with E-state index in [0.29, 0.717) is 6.61 Å². The Bertz CT molecular complexity index is 212. The molecule has 0 spiro atoms. The van der Waals surface area contributed by atoms with Crippen LogP contribution in [0.15, 0.2) is 0 Å². The molecule has 2 atom stereocenters. The molecule has 0 aliphatic heterocycles. The average Bonchev–Trinajstić information content (AvgIpc) is 2.17. The van der Waals surface area contributed by atoms with Crippen LogP contribution in [0.4, 0.5) is 0 Å². The van der Waals surface area contributed by atoms with E-state index in [2.05, 4.69) is 4.74 Å². The number of carbonyl (C=O) groups excluding carboxylic acids is 2. The fraction of sp³-hybridized carbons (Fsp3) is 0.800. The average molecular weight is 218 g/mol. The maximum absolute atomic E-state index is 11.2. The normalized spacial score (nSPS) is 14.1. The molecule has 0 fully saturated rings. The molecule has 0 aromatic rings. The number of hydrogen-bond acceptors (Lipinski definition) is 5. The summed E-state index contributed by atoms with van der Waals surface area (Å²) in [4.78, 5) is 22.1. The summed E-state index contributed by atoms with van der Waals surface area (Å²) in [5, 5.41) is 8.84. The molecule has 0 saturated carbocycles. The fourth-order valence-corrected chi connectivity index (χ4v) is 0.755. The summed E-state index contributed by atoms with van der Waals surface area (Å²) < 4.78 is 9.47. The zero-order valence-corrected chi connectivity index (χ0v) is 9.36. The van der Waals surface area contributed by atoms with Crippen LogP contribution in [0.25, 0.3) is 0 Å². The number of ether oxygens (including phenoxy) is 2. The molecule has 0 radical (unpaired) electrons. The molecular weight excluding hydrogens is 200 g/mol. The molecule has 0 aromatic carbocycles. The van der Waals surface area contributed by atoms with Crippen LogP contribution in [-0.2, 0) is 19.1 Å². The largest absolute Gasteiger partial charge is 0.463 e. The molecule has 5 nitrogen and oxygen atoms in total. The highest BCUT2D eigenvalue weighted by Crippen LogP contribution is 1.99. The number of carbonyl (C=O) groups is 2. The second-order valence-electron chi connectivity index (χ2n) is 3.28. The van der Waals surface area contributed by atoms with Crippen LogP contribution < -0.4 is 0 Å². The van der Waals surface area contributed by atoms with Gasteiger partial charge in [-0.1, -0.05) is 13.3 Å². The number of aliphatic hydroxyl groups is 1. The quantitative estimate of drug-likeness (QED) is 0.523. The molecule has 88 valence electrons. The SMILES string of the molecule is CCCCOC(=O)[C@@H](C)OC(=O)[C@@H](C)O. The van der Waals surface area contributed by atoms with Gasteiger partial charge in [0.15, 0.2) is 6.10 Å². The maximum Gasteiger partial charge on any atom is 0.347 e. The third kappa shape index (κ3) is 6.06.